The molecule has 186 valence electrons. The molecule has 0 atom stereocenters. The molecule has 3 rings (SSSR count). The van der Waals surface area contributed by atoms with Crippen LogP contribution in [0.1, 0.15) is 45.2 Å². The van der Waals surface area contributed by atoms with Gasteiger partial charge >= 0.3 is 0 Å². The number of pyridine rings is 1. The lowest BCUT2D eigenvalue weighted by Crippen LogP contribution is -2.32. The maximum absolute atomic E-state index is 7.00. The molecule has 0 unspecified atom stereocenters. The summed E-state index contributed by atoms with van der Waals surface area (Å²) in [6, 6.07) is 17.8. The Morgan fingerprint density at radius 3 is 1.97 bits per heavy atom. The van der Waals surface area contributed by atoms with E-state index in [1.54, 1.807) is 0 Å². The molecular formula is C31H41N2OS+. The summed E-state index contributed by atoms with van der Waals surface area (Å²) < 4.78 is 2.21. The number of nitrogens with zero attached hydrogens (tertiary/aromatic N) is 2. The third kappa shape index (κ3) is 9.75. The standard InChI is InChI=1S/C30H36N2S.CH4O/c1-24(2)12-19-32(20-13-25(3)4)30-11-10-28-22-27(8-9-29(28)23-30)7-6-26-14-17-31(18-15-26)16-5-21-33;1-2/h6-15,17-18,22-23H,5,16,19-21H2,1-4H3;2H,1H3/p+1. The summed E-state index contributed by atoms with van der Waals surface area (Å²) in [4.78, 5) is 2.42. The van der Waals surface area contributed by atoms with Crippen molar-refractivity contribution in [2.75, 3.05) is 30.9 Å². The van der Waals surface area contributed by atoms with Gasteiger partial charge in [0.05, 0.1) is 0 Å². The molecule has 35 heavy (non-hydrogen) atoms. The van der Waals surface area contributed by atoms with Crippen molar-refractivity contribution in [1.29, 1.82) is 0 Å². The molecule has 4 heteroatoms. The van der Waals surface area contributed by atoms with Gasteiger partial charge in [-0.05, 0) is 73.5 Å². The van der Waals surface area contributed by atoms with Crippen LogP contribution in [0.15, 0.2) is 84.2 Å². The first-order chi connectivity index (χ1) is 16.9. The first kappa shape index (κ1) is 28.4. The van der Waals surface area contributed by atoms with Crippen LogP contribution in [0, 0.1) is 0 Å². The third-order valence-electron chi connectivity index (χ3n) is 5.61. The van der Waals surface area contributed by atoms with Crippen LogP contribution in [-0.4, -0.2) is 31.1 Å². The van der Waals surface area contributed by atoms with Gasteiger partial charge in [0, 0.05) is 44.4 Å². The summed E-state index contributed by atoms with van der Waals surface area (Å²) in [7, 11) is 1.00. The molecule has 2 aromatic carbocycles. The molecule has 0 amide bonds. The molecule has 0 fully saturated rings. The fourth-order valence-electron chi connectivity index (χ4n) is 3.60. The highest BCUT2D eigenvalue weighted by atomic mass is 32.1. The fourth-order valence-corrected chi connectivity index (χ4v) is 3.74. The SMILES string of the molecule is CC(C)=CCN(CC=C(C)C)c1ccc2cc(/C=C/c3cc[n+](CCCS)cc3)ccc2c1.CO. The van der Waals surface area contributed by atoms with Crippen LogP contribution in [0.25, 0.3) is 22.9 Å². The largest absolute Gasteiger partial charge is 0.400 e. The van der Waals surface area contributed by atoms with Crippen LogP contribution < -0.4 is 9.47 Å². The van der Waals surface area contributed by atoms with E-state index in [0.717, 1.165) is 38.9 Å². The van der Waals surface area contributed by atoms with Crippen molar-refractivity contribution in [3.8, 4) is 0 Å². The van der Waals surface area contributed by atoms with E-state index in [1.165, 1.54) is 38.7 Å². The van der Waals surface area contributed by atoms with Crippen LogP contribution >= 0.6 is 12.6 Å². The van der Waals surface area contributed by atoms with E-state index in [0.29, 0.717) is 0 Å². The minimum absolute atomic E-state index is 0.918. The van der Waals surface area contributed by atoms with Crippen molar-refractivity contribution in [2.24, 2.45) is 0 Å². The van der Waals surface area contributed by atoms with E-state index in [-0.39, 0.29) is 0 Å². The number of allylic oxidation sites excluding steroid dienone is 2. The average Bonchev–Trinajstić information content (AvgIpc) is 2.87. The number of aromatic nitrogens is 1. The summed E-state index contributed by atoms with van der Waals surface area (Å²) in [5.41, 5.74) is 6.38. The Balaban J connectivity index is 0.00000210. The summed E-state index contributed by atoms with van der Waals surface area (Å²) >= 11 is 4.29. The molecule has 1 aromatic heterocycles. The molecule has 1 heterocycles. The summed E-state index contributed by atoms with van der Waals surface area (Å²) in [6.07, 6.45) is 14.3. The molecule has 3 aromatic rings. The minimum Gasteiger partial charge on any atom is -0.400 e. The monoisotopic (exact) mass is 489 g/mol. The van der Waals surface area contributed by atoms with Crippen LogP contribution in [0.3, 0.4) is 0 Å². The second-order valence-electron chi connectivity index (χ2n) is 9.04. The molecular weight excluding hydrogens is 448 g/mol. The van der Waals surface area contributed by atoms with Gasteiger partial charge in [-0.25, -0.2) is 4.57 Å². The highest BCUT2D eigenvalue weighted by Gasteiger charge is 2.06. The molecule has 0 saturated heterocycles. The quantitative estimate of drug-likeness (QED) is 0.183. The lowest BCUT2D eigenvalue weighted by Gasteiger charge is -2.23. The molecule has 0 spiro atoms. The number of benzene rings is 2. The molecule has 0 aliphatic rings. The van der Waals surface area contributed by atoms with Gasteiger partial charge in [0.15, 0.2) is 12.4 Å². The van der Waals surface area contributed by atoms with Crippen molar-refractivity contribution in [2.45, 2.75) is 40.7 Å². The van der Waals surface area contributed by atoms with Crippen LogP contribution in [0.2, 0.25) is 0 Å². The molecule has 3 nitrogen and oxygen atoms in total. The number of rotatable bonds is 10. The van der Waals surface area contributed by atoms with Crippen LogP contribution in [0.5, 0.6) is 0 Å². The van der Waals surface area contributed by atoms with E-state index < -0.39 is 0 Å². The number of aryl methyl sites for hydroxylation is 1. The van der Waals surface area contributed by atoms with Gasteiger partial charge in [0.25, 0.3) is 0 Å². The Morgan fingerprint density at radius 2 is 1.37 bits per heavy atom. The molecule has 1 N–H and O–H groups in total. The zero-order valence-corrected chi connectivity index (χ0v) is 22.8. The Kier molecular flexibility index (Phi) is 12.4. The maximum atomic E-state index is 7.00. The predicted molar refractivity (Wildman–Crippen MR) is 157 cm³/mol. The van der Waals surface area contributed by atoms with Crippen molar-refractivity contribution >= 4 is 41.2 Å². The van der Waals surface area contributed by atoms with Gasteiger partial charge in [0.2, 0.25) is 0 Å². The van der Waals surface area contributed by atoms with Crippen molar-refractivity contribution in [1.82, 2.24) is 0 Å². The molecule has 0 aliphatic carbocycles. The van der Waals surface area contributed by atoms with Crippen LogP contribution in [-0.2, 0) is 6.54 Å². The second-order valence-corrected chi connectivity index (χ2v) is 9.49. The number of hydrogen-bond acceptors (Lipinski definition) is 3. The molecule has 0 aliphatic heterocycles. The lowest BCUT2D eigenvalue weighted by atomic mass is 10.0. The van der Waals surface area contributed by atoms with Crippen molar-refractivity contribution in [3.63, 3.8) is 0 Å². The third-order valence-corrected chi connectivity index (χ3v) is 5.93. The molecule has 0 bridgehead atoms. The van der Waals surface area contributed by atoms with E-state index >= 15 is 0 Å². The molecule has 0 saturated carbocycles. The number of anilines is 1. The molecule has 0 radical (unpaired) electrons. The van der Waals surface area contributed by atoms with Gasteiger partial charge < -0.3 is 10.0 Å². The van der Waals surface area contributed by atoms with Gasteiger partial charge in [-0.1, -0.05) is 53.6 Å². The zero-order valence-electron chi connectivity index (χ0n) is 21.9. The number of aliphatic hydroxyl groups is 1. The Labute approximate surface area is 217 Å². The normalized spacial score (nSPS) is 10.6. The van der Waals surface area contributed by atoms with E-state index in [9.17, 15) is 0 Å². The fraction of sp³-hybridized carbons (Fsp3) is 0.323. The summed E-state index contributed by atoms with van der Waals surface area (Å²) in [5, 5.41) is 9.54. The predicted octanol–water partition coefficient (Wildman–Crippen LogP) is 6.96. The average molecular weight is 490 g/mol. The Hall–Kier alpha value is -2.82. The smallest absolute Gasteiger partial charge is 0.169 e. The number of fused-ring (bicyclic) bond motifs is 1. The second kappa shape index (κ2) is 15.2. The van der Waals surface area contributed by atoms with Gasteiger partial charge in [-0.2, -0.15) is 12.6 Å². The zero-order chi connectivity index (χ0) is 25.6. The number of hydrogen-bond donors (Lipinski definition) is 2. The van der Waals surface area contributed by atoms with E-state index in [1.807, 2.05) is 0 Å². The van der Waals surface area contributed by atoms with Crippen molar-refractivity contribution in [3.05, 3.63) is 95.3 Å². The summed E-state index contributed by atoms with van der Waals surface area (Å²) in [5.74, 6) is 0.918. The minimum atomic E-state index is 0.918. The van der Waals surface area contributed by atoms with Gasteiger partial charge in [0.1, 0.15) is 6.54 Å². The van der Waals surface area contributed by atoms with Crippen molar-refractivity contribution < 1.29 is 9.67 Å². The first-order valence-electron chi connectivity index (χ1n) is 12.2. The Morgan fingerprint density at radius 1 is 0.800 bits per heavy atom. The highest BCUT2D eigenvalue weighted by Crippen LogP contribution is 2.24. The topological polar surface area (TPSA) is 27.4 Å². The lowest BCUT2D eigenvalue weighted by molar-refractivity contribution is -0.696. The van der Waals surface area contributed by atoms with E-state index in [4.69, 9.17) is 5.11 Å². The first-order valence-corrected chi connectivity index (χ1v) is 12.9. The highest BCUT2D eigenvalue weighted by molar-refractivity contribution is 7.80. The van der Waals surface area contributed by atoms with Gasteiger partial charge in [-0.3, -0.25) is 0 Å². The maximum Gasteiger partial charge on any atom is 0.169 e. The number of aliphatic hydroxyl groups excluding tert-OH is 1. The van der Waals surface area contributed by atoms with Gasteiger partial charge in [-0.15, -0.1) is 0 Å². The number of thiol groups is 1. The van der Waals surface area contributed by atoms with Crippen LogP contribution in [0.4, 0.5) is 5.69 Å². The van der Waals surface area contributed by atoms with E-state index in [2.05, 4.69) is 135 Å². The Bertz CT molecular complexity index is 1120. The summed E-state index contributed by atoms with van der Waals surface area (Å²) in [6.45, 7) is 11.5.